The van der Waals surface area contributed by atoms with E-state index >= 15 is 0 Å². The summed E-state index contributed by atoms with van der Waals surface area (Å²) in [5.74, 6) is 0.339. The zero-order valence-electron chi connectivity index (χ0n) is 17.6. The third-order valence-corrected chi connectivity index (χ3v) is 7.06. The van der Waals surface area contributed by atoms with Crippen molar-refractivity contribution in [3.8, 4) is 0 Å². The molecule has 3 aliphatic heterocycles. The van der Waals surface area contributed by atoms with E-state index in [1.807, 2.05) is 28.6 Å². The quantitative estimate of drug-likeness (QED) is 0.768. The van der Waals surface area contributed by atoms with Gasteiger partial charge in [-0.05, 0) is 37.8 Å². The molecule has 2 aromatic rings. The maximum atomic E-state index is 13.5. The van der Waals surface area contributed by atoms with E-state index in [2.05, 4.69) is 16.9 Å². The molecular weight excluding hydrogens is 385 g/mol. The van der Waals surface area contributed by atoms with Gasteiger partial charge >= 0.3 is 0 Å². The van der Waals surface area contributed by atoms with E-state index in [0.717, 1.165) is 31.7 Å². The average Bonchev–Trinajstić information content (AvgIpc) is 3.29. The Bertz CT molecular complexity index is 1040. The first-order chi connectivity index (χ1) is 14.4. The van der Waals surface area contributed by atoms with Crippen LogP contribution in [0.4, 0.5) is 4.39 Å². The van der Waals surface area contributed by atoms with Gasteiger partial charge in [0, 0.05) is 62.6 Å². The number of carbonyl (C=O) groups is 1. The summed E-state index contributed by atoms with van der Waals surface area (Å²) in [6.45, 7) is 5.90. The van der Waals surface area contributed by atoms with Crippen LogP contribution in [0, 0.1) is 12.8 Å². The number of hydrogen-bond donors (Lipinski definition) is 0. The number of nitrogens with zero attached hydrogens (tertiary/aromatic N) is 5. The Morgan fingerprint density at radius 3 is 2.77 bits per heavy atom. The van der Waals surface area contributed by atoms with E-state index < -0.39 is 6.17 Å². The minimum atomic E-state index is -0.983. The van der Waals surface area contributed by atoms with Crippen LogP contribution in [0.15, 0.2) is 23.1 Å². The van der Waals surface area contributed by atoms with Crippen LogP contribution in [0.5, 0.6) is 0 Å². The van der Waals surface area contributed by atoms with Crippen molar-refractivity contribution in [1.82, 2.24) is 24.1 Å². The number of carbonyl (C=O) groups excluding carboxylic acids is 1. The first-order valence-electron chi connectivity index (χ1n) is 10.8. The number of piperidine rings is 1. The highest BCUT2D eigenvalue weighted by Gasteiger charge is 2.36. The highest BCUT2D eigenvalue weighted by molar-refractivity contribution is 5.94. The standard InChI is InChI=1S/C22H28FN5O2/c1-14-17(8-24-25(14)2)12-26-9-15-7-16(11-26)20-4-3-19(22(30)28(20)10-15)21(29)27-6-5-18(23)13-27/h3-4,8,15-16,18H,5-7,9-13H2,1-2H3/t15-,16+,18+/m0/s1. The number of aromatic nitrogens is 3. The molecule has 3 aliphatic rings. The third-order valence-electron chi connectivity index (χ3n) is 7.06. The predicted molar refractivity (Wildman–Crippen MR) is 110 cm³/mol. The molecule has 0 saturated carbocycles. The predicted octanol–water partition coefficient (Wildman–Crippen LogP) is 1.69. The fourth-order valence-corrected chi connectivity index (χ4v) is 5.35. The number of alkyl halides is 1. The normalized spacial score (nSPS) is 26.1. The molecule has 0 radical (unpaired) electrons. The summed E-state index contributed by atoms with van der Waals surface area (Å²) in [5, 5.41) is 4.35. The molecule has 0 aliphatic carbocycles. The molecule has 1 amide bonds. The highest BCUT2D eigenvalue weighted by atomic mass is 19.1. The minimum Gasteiger partial charge on any atom is -0.335 e. The van der Waals surface area contributed by atoms with Crippen LogP contribution in [0.1, 0.15) is 46.1 Å². The summed E-state index contributed by atoms with van der Waals surface area (Å²) < 4.78 is 17.2. The Kier molecular flexibility index (Phi) is 4.76. The van der Waals surface area contributed by atoms with Gasteiger partial charge in [0.05, 0.1) is 12.7 Å². The molecule has 0 unspecified atom stereocenters. The second kappa shape index (κ2) is 7.34. The van der Waals surface area contributed by atoms with Gasteiger partial charge in [0.1, 0.15) is 11.7 Å². The number of likely N-dealkylation sites (tertiary alicyclic amines) is 2. The molecule has 2 fully saturated rings. The first kappa shape index (κ1) is 19.5. The van der Waals surface area contributed by atoms with Crippen LogP contribution in [-0.4, -0.2) is 62.4 Å². The van der Waals surface area contributed by atoms with Gasteiger partial charge in [-0.1, -0.05) is 0 Å². The van der Waals surface area contributed by atoms with Crippen molar-refractivity contribution < 1.29 is 9.18 Å². The number of rotatable bonds is 3. The van der Waals surface area contributed by atoms with Crippen molar-refractivity contribution in [3.05, 3.63) is 51.2 Å². The Hall–Kier alpha value is -2.48. The highest BCUT2D eigenvalue weighted by Crippen LogP contribution is 2.36. The summed E-state index contributed by atoms with van der Waals surface area (Å²) in [5.41, 5.74) is 3.41. The molecule has 3 atom stereocenters. The van der Waals surface area contributed by atoms with Crippen LogP contribution >= 0.6 is 0 Å². The van der Waals surface area contributed by atoms with Crippen molar-refractivity contribution >= 4 is 5.91 Å². The number of fused-ring (bicyclic) bond motifs is 4. The van der Waals surface area contributed by atoms with E-state index in [1.54, 1.807) is 6.07 Å². The van der Waals surface area contributed by atoms with Crippen LogP contribution in [0.25, 0.3) is 0 Å². The Morgan fingerprint density at radius 2 is 2.07 bits per heavy atom. The molecule has 2 saturated heterocycles. The molecule has 2 aromatic heterocycles. The lowest BCUT2D eigenvalue weighted by Crippen LogP contribution is -2.48. The summed E-state index contributed by atoms with van der Waals surface area (Å²) in [6, 6.07) is 3.60. The Balaban J connectivity index is 1.38. The summed E-state index contributed by atoms with van der Waals surface area (Å²) >= 11 is 0. The van der Waals surface area contributed by atoms with Crippen molar-refractivity contribution in [1.29, 1.82) is 0 Å². The maximum Gasteiger partial charge on any atom is 0.263 e. The second-order valence-corrected chi connectivity index (χ2v) is 9.10. The van der Waals surface area contributed by atoms with Crippen molar-refractivity contribution in [2.24, 2.45) is 13.0 Å². The molecule has 0 N–H and O–H groups in total. The molecule has 5 rings (SSSR count). The molecule has 5 heterocycles. The topological polar surface area (TPSA) is 63.4 Å². The first-order valence-corrected chi connectivity index (χ1v) is 10.8. The Morgan fingerprint density at radius 1 is 1.23 bits per heavy atom. The fraction of sp³-hybridized carbons (Fsp3) is 0.591. The van der Waals surface area contributed by atoms with Gasteiger partial charge in [0.15, 0.2) is 0 Å². The molecule has 2 bridgehead atoms. The number of amides is 1. The van der Waals surface area contributed by atoms with E-state index in [9.17, 15) is 14.0 Å². The minimum absolute atomic E-state index is 0.0913. The van der Waals surface area contributed by atoms with Gasteiger partial charge in [0.2, 0.25) is 0 Å². The molecule has 0 spiro atoms. The lowest BCUT2D eigenvalue weighted by Gasteiger charge is -2.43. The van der Waals surface area contributed by atoms with Crippen molar-refractivity contribution in [3.63, 3.8) is 0 Å². The van der Waals surface area contributed by atoms with E-state index in [4.69, 9.17) is 0 Å². The molecule has 7 nitrogen and oxygen atoms in total. The number of hydrogen-bond acceptors (Lipinski definition) is 4. The zero-order chi connectivity index (χ0) is 21.0. The SMILES string of the molecule is Cc1c(CN2C[C@@H]3C[C@H](C2)c2ccc(C(=O)N4CC[C@@H](F)C4)c(=O)n2C3)cnn1C. The number of halogens is 1. The molecular formula is C22H28FN5O2. The monoisotopic (exact) mass is 413 g/mol. The Labute approximate surface area is 175 Å². The molecule has 8 heteroatoms. The summed E-state index contributed by atoms with van der Waals surface area (Å²) in [4.78, 5) is 29.8. The lowest BCUT2D eigenvalue weighted by atomic mass is 9.82. The van der Waals surface area contributed by atoms with Crippen LogP contribution in [0.2, 0.25) is 0 Å². The van der Waals surface area contributed by atoms with Gasteiger partial charge in [-0.15, -0.1) is 0 Å². The summed E-state index contributed by atoms with van der Waals surface area (Å²) in [7, 11) is 1.96. The van der Waals surface area contributed by atoms with Crippen molar-refractivity contribution in [2.75, 3.05) is 26.2 Å². The van der Waals surface area contributed by atoms with Gasteiger partial charge < -0.3 is 9.47 Å². The van der Waals surface area contributed by atoms with Gasteiger partial charge in [-0.2, -0.15) is 5.10 Å². The molecule has 30 heavy (non-hydrogen) atoms. The fourth-order valence-electron chi connectivity index (χ4n) is 5.35. The molecule has 160 valence electrons. The number of pyridine rings is 1. The van der Waals surface area contributed by atoms with E-state index in [0.29, 0.717) is 25.4 Å². The smallest absolute Gasteiger partial charge is 0.263 e. The van der Waals surface area contributed by atoms with Gasteiger partial charge in [-0.25, -0.2) is 4.39 Å². The average molecular weight is 413 g/mol. The lowest BCUT2D eigenvalue weighted by molar-refractivity contribution is 0.0777. The van der Waals surface area contributed by atoms with Crippen LogP contribution in [-0.2, 0) is 20.1 Å². The van der Waals surface area contributed by atoms with Crippen LogP contribution < -0.4 is 5.56 Å². The number of aryl methyl sites for hydroxylation is 1. The third kappa shape index (κ3) is 3.27. The van der Waals surface area contributed by atoms with Crippen molar-refractivity contribution in [2.45, 2.75) is 44.9 Å². The van der Waals surface area contributed by atoms with Gasteiger partial charge in [0.25, 0.3) is 11.5 Å². The molecule has 0 aromatic carbocycles. The second-order valence-electron chi connectivity index (χ2n) is 9.10. The summed E-state index contributed by atoms with van der Waals surface area (Å²) in [6.07, 6.45) is 2.39. The van der Waals surface area contributed by atoms with Gasteiger partial charge in [-0.3, -0.25) is 19.2 Å². The largest absolute Gasteiger partial charge is 0.335 e. The van der Waals surface area contributed by atoms with E-state index in [1.165, 1.54) is 16.2 Å². The zero-order valence-corrected chi connectivity index (χ0v) is 17.6. The van der Waals surface area contributed by atoms with Crippen LogP contribution in [0.3, 0.4) is 0 Å². The maximum absolute atomic E-state index is 13.5. The van der Waals surface area contributed by atoms with E-state index in [-0.39, 0.29) is 29.5 Å².